The van der Waals surface area contributed by atoms with Gasteiger partial charge >= 0.3 is 0 Å². The minimum Gasteiger partial charge on any atom is -0.507 e. The first-order valence-electron chi connectivity index (χ1n) is 8.83. The van der Waals surface area contributed by atoms with Gasteiger partial charge in [-0.1, -0.05) is 0 Å². The zero-order valence-electron chi connectivity index (χ0n) is 15.1. The van der Waals surface area contributed by atoms with Crippen LogP contribution in [0.5, 0.6) is 23.0 Å². The number of fused-ring (bicyclic) bond motifs is 2. The largest absolute Gasteiger partial charge is 0.507 e. The summed E-state index contributed by atoms with van der Waals surface area (Å²) >= 11 is 0. The van der Waals surface area contributed by atoms with Gasteiger partial charge in [0.05, 0.1) is 17.6 Å². The van der Waals surface area contributed by atoms with Gasteiger partial charge in [0.2, 0.25) is 5.43 Å². The predicted molar refractivity (Wildman–Crippen MR) is 99.4 cm³/mol. The van der Waals surface area contributed by atoms with Crippen molar-refractivity contribution in [1.29, 1.82) is 0 Å². The molecule has 0 saturated carbocycles. The van der Waals surface area contributed by atoms with Crippen LogP contribution in [0.4, 0.5) is 0 Å². The average molecular weight is 422 g/mol. The zero-order chi connectivity index (χ0) is 21.9. The number of aliphatic hydroxyl groups is 4. The third kappa shape index (κ3) is 2.83. The van der Waals surface area contributed by atoms with Crippen molar-refractivity contribution in [2.45, 2.75) is 30.5 Å². The van der Waals surface area contributed by atoms with Crippen LogP contribution in [0.15, 0.2) is 27.4 Å². The molecule has 11 nitrogen and oxygen atoms in total. The summed E-state index contributed by atoms with van der Waals surface area (Å²) in [7, 11) is 0. The summed E-state index contributed by atoms with van der Waals surface area (Å²) in [6.07, 6.45) is -8.16. The Morgan fingerprint density at radius 1 is 0.833 bits per heavy atom. The molecule has 0 bridgehead atoms. The Morgan fingerprint density at radius 2 is 1.47 bits per heavy atom. The van der Waals surface area contributed by atoms with Gasteiger partial charge in [0.1, 0.15) is 58.6 Å². The monoisotopic (exact) mass is 422 g/mol. The topological polar surface area (TPSA) is 201 Å². The third-order valence-corrected chi connectivity index (χ3v) is 5.23. The van der Waals surface area contributed by atoms with Crippen LogP contribution in [-0.2, 0) is 4.74 Å². The number of aromatic hydroxyl groups is 4. The van der Waals surface area contributed by atoms with Crippen LogP contribution in [0.3, 0.4) is 0 Å². The summed E-state index contributed by atoms with van der Waals surface area (Å²) in [6, 6.07) is 2.90. The van der Waals surface area contributed by atoms with E-state index in [0.717, 1.165) is 18.2 Å². The van der Waals surface area contributed by atoms with E-state index in [2.05, 4.69) is 0 Å². The van der Waals surface area contributed by atoms with Crippen molar-refractivity contribution in [3.8, 4) is 23.0 Å². The van der Waals surface area contributed by atoms with Crippen molar-refractivity contribution in [1.82, 2.24) is 0 Å². The second-order valence-electron chi connectivity index (χ2n) is 7.05. The Balaban J connectivity index is 1.98. The fourth-order valence-corrected chi connectivity index (χ4v) is 3.64. The third-order valence-electron chi connectivity index (χ3n) is 5.23. The molecule has 160 valence electrons. The molecule has 1 fully saturated rings. The summed E-state index contributed by atoms with van der Waals surface area (Å²) < 4.78 is 10.8. The Hall–Kier alpha value is -3.09. The molecule has 0 amide bonds. The van der Waals surface area contributed by atoms with E-state index in [1.165, 1.54) is 0 Å². The molecule has 4 rings (SSSR count). The molecule has 1 aliphatic heterocycles. The maximum atomic E-state index is 12.9. The number of hydrogen-bond acceptors (Lipinski definition) is 11. The standard InChI is InChI=1S/C19H18O11/c20-4-11-15(25)17(27)18(28)19(30-11)12-8(23)3-10-13(16(12)26)14(24)5-1-6(21)7(22)2-9(5)29-10/h1-3,11,15,17-23,25-28H,4H2/t11-,15+,17+,18+,19-/m0/s1. The molecule has 30 heavy (non-hydrogen) atoms. The summed E-state index contributed by atoms with van der Waals surface area (Å²) in [5, 5.41) is 79.4. The maximum Gasteiger partial charge on any atom is 0.204 e. The van der Waals surface area contributed by atoms with Gasteiger partial charge in [-0.2, -0.15) is 0 Å². The van der Waals surface area contributed by atoms with Crippen LogP contribution >= 0.6 is 0 Å². The highest BCUT2D eigenvalue weighted by Gasteiger charge is 2.46. The SMILES string of the molecule is O=c1c2cc(O)c(O)cc2oc2cc(O)c([C@@H]3O[C@@H](CO)[C@@H](O)[C@@H](O)[C@H]3O)c(O)c12. The van der Waals surface area contributed by atoms with Gasteiger partial charge in [-0.25, -0.2) is 0 Å². The lowest BCUT2D eigenvalue weighted by Crippen LogP contribution is -2.55. The fraction of sp³-hybridized carbons (Fsp3) is 0.316. The molecule has 0 radical (unpaired) electrons. The van der Waals surface area contributed by atoms with Gasteiger partial charge in [0.25, 0.3) is 0 Å². The van der Waals surface area contributed by atoms with Crippen molar-refractivity contribution >= 4 is 21.9 Å². The Kier molecular flexibility index (Phi) is 4.71. The summed E-state index contributed by atoms with van der Waals surface area (Å²) in [4.78, 5) is 12.9. The minimum atomic E-state index is -1.81. The Bertz CT molecular complexity index is 1200. The molecule has 11 heteroatoms. The van der Waals surface area contributed by atoms with Gasteiger partial charge in [-0.15, -0.1) is 0 Å². The molecule has 1 aromatic heterocycles. The average Bonchev–Trinajstić information content (AvgIpc) is 2.69. The molecular weight excluding hydrogens is 404 g/mol. The maximum absolute atomic E-state index is 12.9. The zero-order valence-corrected chi connectivity index (χ0v) is 15.1. The molecular formula is C19H18O11. The first kappa shape index (κ1) is 20.2. The highest BCUT2D eigenvalue weighted by Crippen LogP contribution is 2.45. The molecule has 1 aliphatic rings. The van der Waals surface area contributed by atoms with E-state index < -0.39 is 76.5 Å². The quantitative estimate of drug-likeness (QED) is 0.191. The van der Waals surface area contributed by atoms with Gasteiger partial charge in [0, 0.05) is 12.1 Å². The number of phenolic OH excluding ortho intramolecular Hbond substituents is 4. The van der Waals surface area contributed by atoms with Crippen LogP contribution in [0.1, 0.15) is 11.7 Å². The first-order valence-corrected chi connectivity index (χ1v) is 8.83. The number of ether oxygens (including phenoxy) is 1. The number of hydrogen-bond donors (Lipinski definition) is 8. The van der Waals surface area contributed by atoms with Crippen LogP contribution in [0.25, 0.3) is 21.9 Å². The molecule has 5 atom stereocenters. The van der Waals surface area contributed by atoms with E-state index in [-0.39, 0.29) is 16.6 Å². The number of aliphatic hydroxyl groups excluding tert-OH is 4. The Morgan fingerprint density at radius 3 is 2.13 bits per heavy atom. The van der Waals surface area contributed by atoms with Gasteiger partial charge in [-0.05, 0) is 6.07 Å². The van der Waals surface area contributed by atoms with Crippen molar-refractivity contribution in [3.05, 3.63) is 34.0 Å². The number of benzene rings is 2. The first-order chi connectivity index (χ1) is 14.1. The molecule has 2 aromatic carbocycles. The lowest BCUT2D eigenvalue weighted by molar-refractivity contribution is -0.232. The van der Waals surface area contributed by atoms with E-state index in [4.69, 9.17) is 9.15 Å². The fourth-order valence-electron chi connectivity index (χ4n) is 3.64. The summed E-state index contributed by atoms with van der Waals surface area (Å²) in [5.74, 6) is -2.62. The van der Waals surface area contributed by atoms with Gasteiger partial charge in [0.15, 0.2) is 11.5 Å². The van der Waals surface area contributed by atoms with E-state index in [0.29, 0.717) is 0 Å². The normalized spacial score (nSPS) is 27.0. The molecule has 3 aromatic rings. The highest BCUT2D eigenvalue weighted by molar-refractivity contribution is 5.96. The van der Waals surface area contributed by atoms with E-state index >= 15 is 0 Å². The highest BCUT2D eigenvalue weighted by atomic mass is 16.5. The number of phenols is 4. The van der Waals surface area contributed by atoms with Crippen molar-refractivity contribution in [3.63, 3.8) is 0 Å². The van der Waals surface area contributed by atoms with Crippen LogP contribution in [-0.4, -0.2) is 71.9 Å². The minimum absolute atomic E-state index is 0.123. The lowest BCUT2D eigenvalue weighted by atomic mass is 9.89. The van der Waals surface area contributed by atoms with E-state index in [9.17, 15) is 45.6 Å². The lowest BCUT2D eigenvalue weighted by Gasteiger charge is -2.40. The smallest absolute Gasteiger partial charge is 0.204 e. The van der Waals surface area contributed by atoms with Gasteiger partial charge in [-0.3, -0.25) is 4.79 Å². The number of rotatable bonds is 2. The molecule has 0 spiro atoms. The van der Waals surface area contributed by atoms with Crippen LogP contribution < -0.4 is 5.43 Å². The van der Waals surface area contributed by atoms with Crippen LogP contribution in [0.2, 0.25) is 0 Å². The predicted octanol–water partition coefficient (Wildman–Crippen LogP) is -0.717. The summed E-state index contributed by atoms with van der Waals surface area (Å²) in [6.45, 7) is -0.730. The van der Waals surface area contributed by atoms with E-state index in [1.807, 2.05) is 0 Å². The Labute approximate surface area is 166 Å². The molecule has 2 heterocycles. The van der Waals surface area contributed by atoms with Gasteiger partial charge < -0.3 is 50.0 Å². The van der Waals surface area contributed by atoms with Crippen molar-refractivity contribution in [2.75, 3.05) is 6.61 Å². The summed E-state index contributed by atoms with van der Waals surface area (Å²) in [5.41, 5.74) is -1.66. The second-order valence-corrected chi connectivity index (χ2v) is 7.05. The molecule has 0 aliphatic carbocycles. The second kappa shape index (κ2) is 7.00. The molecule has 0 unspecified atom stereocenters. The van der Waals surface area contributed by atoms with Crippen molar-refractivity contribution < 1.29 is 50.0 Å². The molecule has 1 saturated heterocycles. The van der Waals surface area contributed by atoms with E-state index in [1.54, 1.807) is 0 Å². The molecule has 8 N–H and O–H groups in total. The van der Waals surface area contributed by atoms with Crippen LogP contribution in [0, 0.1) is 0 Å². The van der Waals surface area contributed by atoms with Crippen molar-refractivity contribution in [2.24, 2.45) is 0 Å².